The molecule has 0 saturated heterocycles. The number of carboxylic acids is 1. The zero-order chi connectivity index (χ0) is 26.7. The number of aromatic nitrogens is 1. The lowest BCUT2D eigenvalue weighted by molar-refractivity contribution is -0.136. The molecule has 0 atom stereocenters. The van der Waals surface area contributed by atoms with Gasteiger partial charge in [-0.15, -0.1) is 0 Å². The monoisotopic (exact) mass is 506 g/mol. The number of hydrogen-bond acceptors (Lipinski definition) is 3. The molecular formula is C29H28F2N2O4. The molecule has 0 aliphatic rings. The van der Waals surface area contributed by atoms with E-state index in [2.05, 4.69) is 5.32 Å². The Balaban J connectivity index is 1.50. The number of rotatable bonds is 9. The van der Waals surface area contributed by atoms with Crippen LogP contribution in [-0.2, 0) is 24.3 Å². The second kappa shape index (κ2) is 10.8. The van der Waals surface area contributed by atoms with Crippen molar-refractivity contribution in [1.29, 1.82) is 0 Å². The van der Waals surface area contributed by atoms with Crippen molar-refractivity contribution >= 4 is 22.8 Å². The Labute approximate surface area is 213 Å². The van der Waals surface area contributed by atoms with Crippen LogP contribution in [0.3, 0.4) is 0 Å². The zero-order valence-corrected chi connectivity index (χ0v) is 20.9. The maximum atomic E-state index is 14.4. The van der Waals surface area contributed by atoms with Gasteiger partial charge >= 0.3 is 5.97 Å². The number of aryl methyl sites for hydroxylation is 4. The molecule has 6 nitrogen and oxygen atoms in total. The highest BCUT2D eigenvalue weighted by molar-refractivity contribution is 6.01. The van der Waals surface area contributed by atoms with Gasteiger partial charge in [-0.25, -0.2) is 8.78 Å². The Morgan fingerprint density at radius 1 is 0.973 bits per heavy atom. The van der Waals surface area contributed by atoms with Crippen molar-refractivity contribution in [2.24, 2.45) is 0 Å². The highest BCUT2D eigenvalue weighted by Crippen LogP contribution is 2.28. The number of nitrogens with one attached hydrogen (secondary N) is 1. The largest absolute Gasteiger partial charge is 0.481 e. The van der Waals surface area contributed by atoms with Gasteiger partial charge in [0.2, 0.25) is 0 Å². The molecule has 0 unspecified atom stereocenters. The Hall–Kier alpha value is -4.20. The predicted molar refractivity (Wildman–Crippen MR) is 137 cm³/mol. The van der Waals surface area contributed by atoms with Gasteiger partial charge in [0.05, 0.1) is 0 Å². The van der Waals surface area contributed by atoms with Gasteiger partial charge in [-0.3, -0.25) is 9.59 Å². The number of halogens is 2. The van der Waals surface area contributed by atoms with Crippen LogP contribution in [0.1, 0.15) is 46.1 Å². The lowest BCUT2D eigenvalue weighted by atomic mass is 10.0. The van der Waals surface area contributed by atoms with E-state index in [4.69, 9.17) is 9.84 Å². The van der Waals surface area contributed by atoms with Gasteiger partial charge in [0.25, 0.3) is 5.91 Å². The fourth-order valence-corrected chi connectivity index (χ4v) is 4.55. The van der Waals surface area contributed by atoms with Crippen molar-refractivity contribution in [2.75, 3.05) is 0 Å². The first kappa shape index (κ1) is 25.9. The summed E-state index contributed by atoms with van der Waals surface area (Å²) in [5.41, 5.74) is 4.19. The minimum absolute atomic E-state index is 0.0371. The van der Waals surface area contributed by atoms with Crippen molar-refractivity contribution < 1.29 is 28.2 Å². The van der Waals surface area contributed by atoms with Crippen molar-refractivity contribution in [3.63, 3.8) is 0 Å². The van der Waals surface area contributed by atoms with E-state index < -0.39 is 11.8 Å². The average molecular weight is 507 g/mol. The number of carboxylic acid groups (broad SMARTS) is 1. The summed E-state index contributed by atoms with van der Waals surface area (Å²) in [6.45, 7) is 6.16. The molecule has 0 saturated carbocycles. The number of aliphatic carboxylic acids is 1. The Bertz CT molecular complexity index is 1490. The van der Waals surface area contributed by atoms with Crippen LogP contribution in [0, 0.1) is 25.5 Å². The average Bonchev–Trinajstić information content (AvgIpc) is 3.12. The van der Waals surface area contributed by atoms with E-state index in [1.54, 1.807) is 37.3 Å². The molecule has 4 rings (SSSR count). The van der Waals surface area contributed by atoms with Crippen LogP contribution < -0.4 is 10.1 Å². The summed E-state index contributed by atoms with van der Waals surface area (Å²) in [6.07, 6.45) is 0.450. The third-order valence-electron chi connectivity index (χ3n) is 6.35. The molecule has 8 heteroatoms. The third-order valence-corrected chi connectivity index (χ3v) is 6.35. The van der Waals surface area contributed by atoms with Crippen LogP contribution in [0.25, 0.3) is 10.9 Å². The molecule has 2 N–H and O–H groups in total. The summed E-state index contributed by atoms with van der Waals surface area (Å²) < 4.78 is 35.8. The number of fused-ring (bicyclic) bond motifs is 1. The number of carbonyl (C=O) groups is 2. The summed E-state index contributed by atoms with van der Waals surface area (Å²) in [6, 6.07) is 14.0. The molecule has 0 fully saturated rings. The maximum absolute atomic E-state index is 14.4. The van der Waals surface area contributed by atoms with Gasteiger partial charge in [-0.05, 0) is 91.9 Å². The summed E-state index contributed by atoms with van der Waals surface area (Å²) >= 11 is 0. The molecule has 1 amide bonds. The smallest absolute Gasteiger partial charge is 0.303 e. The summed E-state index contributed by atoms with van der Waals surface area (Å²) in [5, 5.41) is 12.4. The van der Waals surface area contributed by atoms with Crippen molar-refractivity contribution in [3.05, 3.63) is 94.2 Å². The lowest BCUT2D eigenvalue weighted by Gasteiger charge is -2.12. The predicted octanol–water partition coefficient (Wildman–Crippen LogP) is 6.30. The van der Waals surface area contributed by atoms with Crippen LogP contribution in [-0.4, -0.2) is 21.6 Å². The van der Waals surface area contributed by atoms with Crippen molar-refractivity contribution in [3.8, 4) is 11.5 Å². The number of hydrogen-bond donors (Lipinski definition) is 2. The molecule has 0 bridgehead atoms. The summed E-state index contributed by atoms with van der Waals surface area (Å²) in [5.74, 6) is -1.31. The van der Waals surface area contributed by atoms with E-state index in [-0.39, 0.29) is 30.4 Å². The Kier molecular flexibility index (Phi) is 7.57. The number of benzene rings is 3. The van der Waals surface area contributed by atoms with Gasteiger partial charge < -0.3 is 19.7 Å². The van der Waals surface area contributed by atoms with Crippen molar-refractivity contribution in [2.45, 2.75) is 46.7 Å². The molecule has 0 radical (unpaired) electrons. The second-order valence-electron chi connectivity index (χ2n) is 8.94. The van der Waals surface area contributed by atoms with Crippen LogP contribution in [0.15, 0.2) is 54.6 Å². The van der Waals surface area contributed by atoms with E-state index in [0.717, 1.165) is 16.6 Å². The van der Waals surface area contributed by atoms with Gasteiger partial charge in [0, 0.05) is 36.5 Å². The number of amides is 1. The van der Waals surface area contributed by atoms with Crippen LogP contribution >= 0.6 is 0 Å². The minimum Gasteiger partial charge on any atom is -0.481 e. The normalized spacial score (nSPS) is 11.1. The van der Waals surface area contributed by atoms with E-state index in [0.29, 0.717) is 40.9 Å². The van der Waals surface area contributed by atoms with Gasteiger partial charge in [-0.1, -0.05) is 6.07 Å². The van der Waals surface area contributed by atoms with Gasteiger partial charge in [0.15, 0.2) is 0 Å². The van der Waals surface area contributed by atoms with E-state index in [9.17, 15) is 18.4 Å². The molecule has 1 aromatic heterocycles. The molecule has 4 aromatic rings. The fourth-order valence-electron chi connectivity index (χ4n) is 4.55. The molecule has 37 heavy (non-hydrogen) atoms. The first-order valence-electron chi connectivity index (χ1n) is 12.0. The van der Waals surface area contributed by atoms with E-state index in [1.807, 2.05) is 18.4 Å². The molecule has 1 heterocycles. The SMILES string of the molecule is CCn1c(C(=O)NCc2cc(F)cc(Oc3ccc(CCC(=O)O)c(C)c3)c2)c(C)c2cc(F)ccc21. The Morgan fingerprint density at radius 3 is 2.46 bits per heavy atom. The standard InChI is InChI=1S/C29H28F2N2O4/c1-4-33-26-9-7-21(30)15-25(26)18(3)28(33)29(36)32-16-19-12-22(31)14-24(13-19)37-23-8-5-20(17(2)11-23)6-10-27(34)35/h5,7-9,11-15H,4,6,10,16H2,1-3H3,(H,32,36)(H,34,35). The van der Waals surface area contributed by atoms with Gasteiger partial charge in [0.1, 0.15) is 28.8 Å². The number of ether oxygens (including phenoxy) is 1. The molecule has 0 aliphatic heterocycles. The topological polar surface area (TPSA) is 80.6 Å². The number of nitrogens with zero attached hydrogens (tertiary/aromatic N) is 1. The quantitative estimate of drug-likeness (QED) is 0.279. The molecule has 0 spiro atoms. The minimum atomic E-state index is -0.862. The van der Waals surface area contributed by atoms with Crippen LogP contribution in [0.4, 0.5) is 8.78 Å². The van der Waals surface area contributed by atoms with E-state index >= 15 is 0 Å². The van der Waals surface area contributed by atoms with Crippen LogP contribution in [0.2, 0.25) is 0 Å². The number of carbonyl (C=O) groups excluding carboxylic acids is 1. The fraction of sp³-hybridized carbons (Fsp3) is 0.241. The Morgan fingerprint density at radius 2 is 1.76 bits per heavy atom. The molecule has 0 aliphatic carbocycles. The summed E-state index contributed by atoms with van der Waals surface area (Å²) in [7, 11) is 0. The first-order chi connectivity index (χ1) is 17.7. The zero-order valence-electron chi connectivity index (χ0n) is 20.9. The van der Waals surface area contributed by atoms with Gasteiger partial charge in [-0.2, -0.15) is 0 Å². The third kappa shape index (κ3) is 5.80. The second-order valence-corrected chi connectivity index (χ2v) is 8.94. The summed E-state index contributed by atoms with van der Waals surface area (Å²) in [4.78, 5) is 23.9. The maximum Gasteiger partial charge on any atom is 0.303 e. The molecular weight excluding hydrogens is 478 g/mol. The lowest BCUT2D eigenvalue weighted by Crippen LogP contribution is -2.26. The first-order valence-corrected chi connectivity index (χ1v) is 12.0. The highest BCUT2D eigenvalue weighted by atomic mass is 19.1. The van der Waals surface area contributed by atoms with Crippen molar-refractivity contribution in [1.82, 2.24) is 9.88 Å². The van der Waals surface area contributed by atoms with Crippen LogP contribution in [0.5, 0.6) is 11.5 Å². The molecule has 192 valence electrons. The molecule has 3 aromatic carbocycles. The van der Waals surface area contributed by atoms with E-state index in [1.165, 1.54) is 24.3 Å². The highest BCUT2D eigenvalue weighted by Gasteiger charge is 2.20.